The fourth-order valence-electron chi connectivity index (χ4n) is 2.35. The van der Waals surface area contributed by atoms with Crippen molar-refractivity contribution in [2.24, 2.45) is 0 Å². The molecule has 0 amide bonds. The van der Waals surface area contributed by atoms with Gasteiger partial charge in [-0.1, -0.05) is 42.5 Å². The van der Waals surface area contributed by atoms with Crippen molar-refractivity contribution < 1.29 is 4.39 Å². The summed E-state index contributed by atoms with van der Waals surface area (Å²) in [6.07, 6.45) is 2.04. The Hall–Kier alpha value is -1.67. The number of rotatable bonds is 6. The number of aryl methyl sites for hydroxylation is 1. The number of nitrogens with one attached hydrogen (secondary N) is 1. The van der Waals surface area contributed by atoms with Crippen molar-refractivity contribution in [3.8, 4) is 0 Å². The SMILES string of the molecule is CNCC(CCc1ccc(F)cc1)c1ccccc1. The van der Waals surface area contributed by atoms with Gasteiger partial charge < -0.3 is 5.32 Å². The molecule has 0 spiro atoms. The van der Waals surface area contributed by atoms with Gasteiger partial charge in [-0.25, -0.2) is 4.39 Å². The van der Waals surface area contributed by atoms with Crippen molar-refractivity contribution in [1.82, 2.24) is 5.32 Å². The van der Waals surface area contributed by atoms with Crippen molar-refractivity contribution in [3.63, 3.8) is 0 Å². The number of halogens is 1. The molecule has 0 saturated heterocycles. The van der Waals surface area contributed by atoms with Crippen molar-refractivity contribution >= 4 is 0 Å². The average molecular weight is 257 g/mol. The molecule has 1 N–H and O–H groups in total. The summed E-state index contributed by atoms with van der Waals surface area (Å²) in [5.74, 6) is 0.329. The Kier molecular flexibility index (Phi) is 5.10. The molecule has 1 atom stereocenters. The third-order valence-corrected chi connectivity index (χ3v) is 3.42. The van der Waals surface area contributed by atoms with E-state index < -0.39 is 0 Å². The highest BCUT2D eigenvalue weighted by Gasteiger charge is 2.10. The lowest BCUT2D eigenvalue weighted by Gasteiger charge is -2.17. The van der Waals surface area contributed by atoms with E-state index in [4.69, 9.17) is 0 Å². The standard InChI is InChI=1S/C17H20FN/c1-19-13-16(15-5-3-2-4-6-15)10-7-14-8-11-17(18)12-9-14/h2-6,8-9,11-12,16,19H,7,10,13H2,1H3. The van der Waals surface area contributed by atoms with Crippen LogP contribution < -0.4 is 5.32 Å². The first-order chi connectivity index (χ1) is 9.29. The van der Waals surface area contributed by atoms with Crippen LogP contribution in [0.3, 0.4) is 0 Å². The molecular weight excluding hydrogens is 237 g/mol. The molecule has 1 nitrogen and oxygen atoms in total. The summed E-state index contributed by atoms with van der Waals surface area (Å²) < 4.78 is 12.9. The molecular formula is C17H20FN. The van der Waals surface area contributed by atoms with E-state index in [0.717, 1.165) is 19.4 Å². The second-order valence-electron chi connectivity index (χ2n) is 4.83. The Labute approximate surface area is 114 Å². The molecule has 0 bridgehead atoms. The first-order valence-electron chi connectivity index (χ1n) is 6.73. The normalized spacial score (nSPS) is 12.3. The smallest absolute Gasteiger partial charge is 0.123 e. The number of hydrogen-bond acceptors (Lipinski definition) is 1. The maximum atomic E-state index is 12.9. The molecule has 0 heterocycles. The van der Waals surface area contributed by atoms with Crippen molar-refractivity contribution in [1.29, 1.82) is 0 Å². The molecule has 2 aromatic carbocycles. The summed E-state index contributed by atoms with van der Waals surface area (Å²) in [4.78, 5) is 0. The Morgan fingerprint density at radius 3 is 2.32 bits per heavy atom. The average Bonchev–Trinajstić information content (AvgIpc) is 2.46. The molecule has 2 aromatic rings. The summed E-state index contributed by atoms with van der Waals surface area (Å²) in [6.45, 7) is 0.964. The van der Waals surface area contributed by atoms with Gasteiger partial charge in [-0.2, -0.15) is 0 Å². The first kappa shape index (κ1) is 13.8. The largest absolute Gasteiger partial charge is 0.319 e. The van der Waals surface area contributed by atoms with Gasteiger partial charge in [-0.15, -0.1) is 0 Å². The molecule has 0 aromatic heterocycles. The van der Waals surface area contributed by atoms with Crippen LogP contribution >= 0.6 is 0 Å². The van der Waals surface area contributed by atoms with E-state index in [1.54, 1.807) is 0 Å². The quantitative estimate of drug-likeness (QED) is 0.830. The predicted octanol–water partition coefficient (Wildman–Crippen LogP) is 3.76. The lowest BCUT2D eigenvalue weighted by atomic mass is 9.92. The summed E-state index contributed by atoms with van der Waals surface area (Å²) >= 11 is 0. The molecule has 100 valence electrons. The summed E-state index contributed by atoms with van der Waals surface area (Å²) in [6, 6.07) is 17.4. The van der Waals surface area contributed by atoms with E-state index in [1.165, 1.54) is 23.3 Å². The summed E-state index contributed by atoms with van der Waals surface area (Å²) in [5, 5.41) is 3.25. The van der Waals surface area contributed by atoms with Crippen LogP contribution in [0.1, 0.15) is 23.5 Å². The highest BCUT2D eigenvalue weighted by molar-refractivity contribution is 5.21. The molecule has 0 fully saturated rings. The van der Waals surface area contributed by atoms with Gasteiger partial charge in [0.1, 0.15) is 5.82 Å². The Morgan fingerprint density at radius 2 is 1.68 bits per heavy atom. The minimum absolute atomic E-state index is 0.168. The Morgan fingerprint density at radius 1 is 1.00 bits per heavy atom. The van der Waals surface area contributed by atoms with Crippen LogP contribution in [0.25, 0.3) is 0 Å². The zero-order valence-corrected chi connectivity index (χ0v) is 11.3. The Balaban J connectivity index is 1.99. The third-order valence-electron chi connectivity index (χ3n) is 3.42. The summed E-state index contributed by atoms with van der Waals surface area (Å²) in [5.41, 5.74) is 2.55. The zero-order valence-electron chi connectivity index (χ0n) is 11.3. The molecule has 0 aliphatic heterocycles. The van der Waals surface area contributed by atoms with Crippen LogP contribution in [0.15, 0.2) is 54.6 Å². The van der Waals surface area contributed by atoms with Gasteiger partial charge in [0.25, 0.3) is 0 Å². The number of likely N-dealkylation sites (N-methyl/N-ethyl adjacent to an activating group) is 1. The topological polar surface area (TPSA) is 12.0 Å². The summed E-state index contributed by atoms with van der Waals surface area (Å²) in [7, 11) is 1.98. The van der Waals surface area contributed by atoms with Crippen LogP contribution in [-0.2, 0) is 6.42 Å². The van der Waals surface area contributed by atoms with Gasteiger partial charge in [0.2, 0.25) is 0 Å². The van der Waals surface area contributed by atoms with E-state index in [0.29, 0.717) is 5.92 Å². The first-order valence-corrected chi connectivity index (χ1v) is 6.73. The van der Waals surface area contributed by atoms with E-state index in [-0.39, 0.29) is 5.82 Å². The van der Waals surface area contributed by atoms with Gasteiger partial charge >= 0.3 is 0 Å². The highest BCUT2D eigenvalue weighted by Crippen LogP contribution is 2.21. The molecule has 2 rings (SSSR count). The second kappa shape index (κ2) is 7.05. The zero-order chi connectivity index (χ0) is 13.5. The maximum Gasteiger partial charge on any atom is 0.123 e. The van der Waals surface area contributed by atoms with Crippen LogP contribution in [-0.4, -0.2) is 13.6 Å². The molecule has 1 unspecified atom stereocenters. The molecule has 19 heavy (non-hydrogen) atoms. The van der Waals surface area contributed by atoms with Gasteiger partial charge in [0.15, 0.2) is 0 Å². The monoisotopic (exact) mass is 257 g/mol. The van der Waals surface area contributed by atoms with Crippen molar-refractivity contribution in [2.75, 3.05) is 13.6 Å². The van der Waals surface area contributed by atoms with Crippen molar-refractivity contribution in [3.05, 3.63) is 71.5 Å². The molecule has 0 radical (unpaired) electrons. The fraction of sp³-hybridized carbons (Fsp3) is 0.294. The van der Waals surface area contributed by atoms with E-state index in [1.807, 2.05) is 25.2 Å². The van der Waals surface area contributed by atoms with Crippen LogP contribution in [0.4, 0.5) is 4.39 Å². The van der Waals surface area contributed by atoms with Crippen LogP contribution in [0, 0.1) is 5.82 Å². The highest BCUT2D eigenvalue weighted by atomic mass is 19.1. The minimum Gasteiger partial charge on any atom is -0.319 e. The molecule has 0 aliphatic carbocycles. The lowest BCUT2D eigenvalue weighted by Crippen LogP contribution is -2.17. The van der Waals surface area contributed by atoms with Crippen LogP contribution in [0.5, 0.6) is 0 Å². The van der Waals surface area contributed by atoms with Crippen LogP contribution in [0.2, 0.25) is 0 Å². The fourth-order valence-corrected chi connectivity index (χ4v) is 2.35. The maximum absolute atomic E-state index is 12.9. The van der Waals surface area contributed by atoms with Gasteiger partial charge in [0, 0.05) is 6.54 Å². The van der Waals surface area contributed by atoms with Crippen molar-refractivity contribution in [2.45, 2.75) is 18.8 Å². The molecule has 2 heteroatoms. The van der Waals surface area contributed by atoms with E-state index >= 15 is 0 Å². The van der Waals surface area contributed by atoms with Gasteiger partial charge in [0.05, 0.1) is 0 Å². The Bertz CT molecular complexity index is 478. The van der Waals surface area contributed by atoms with E-state index in [2.05, 4.69) is 29.6 Å². The number of hydrogen-bond donors (Lipinski definition) is 1. The van der Waals surface area contributed by atoms with E-state index in [9.17, 15) is 4.39 Å². The van der Waals surface area contributed by atoms with Gasteiger partial charge in [-0.3, -0.25) is 0 Å². The second-order valence-corrected chi connectivity index (χ2v) is 4.83. The third kappa shape index (κ3) is 4.18. The molecule has 0 aliphatic rings. The lowest BCUT2D eigenvalue weighted by molar-refractivity contribution is 0.583. The molecule has 0 saturated carbocycles. The predicted molar refractivity (Wildman–Crippen MR) is 77.8 cm³/mol. The van der Waals surface area contributed by atoms with Gasteiger partial charge in [-0.05, 0) is 49.1 Å². The minimum atomic E-state index is -0.168. The number of benzene rings is 2.